The Bertz CT molecular complexity index is 563. The quantitative estimate of drug-likeness (QED) is 0.566. The number of allylic oxidation sites excluding steroid dienone is 1. The Kier molecular flexibility index (Phi) is 2.65. The van der Waals surface area contributed by atoms with Crippen LogP contribution in [0, 0.1) is 6.92 Å². The van der Waals surface area contributed by atoms with Crippen molar-refractivity contribution in [2.24, 2.45) is 0 Å². The van der Waals surface area contributed by atoms with Gasteiger partial charge in [0.1, 0.15) is 0 Å². The van der Waals surface area contributed by atoms with Crippen molar-refractivity contribution >= 4 is 16.7 Å². The summed E-state index contributed by atoms with van der Waals surface area (Å²) in [6, 6.07) is 6.18. The summed E-state index contributed by atoms with van der Waals surface area (Å²) in [6.45, 7) is 8.10. The van der Waals surface area contributed by atoms with Crippen LogP contribution < -0.4 is 0 Å². The SMILES string of the molecule is C=CCn1cc(C(C)=O)c2cc(C)ccc21. The predicted octanol–water partition coefficient (Wildman–Crippen LogP) is 3.34. The molecular weight excluding hydrogens is 198 g/mol. The molecule has 0 amide bonds. The van der Waals surface area contributed by atoms with Crippen LogP contribution in [-0.4, -0.2) is 10.4 Å². The van der Waals surface area contributed by atoms with E-state index in [1.165, 1.54) is 5.56 Å². The van der Waals surface area contributed by atoms with Crippen LogP contribution in [0.4, 0.5) is 0 Å². The number of carbonyl (C=O) groups is 1. The largest absolute Gasteiger partial charge is 0.343 e. The number of rotatable bonds is 3. The second-order valence-corrected chi connectivity index (χ2v) is 4.06. The van der Waals surface area contributed by atoms with Gasteiger partial charge in [0.2, 0.25) is 0 Å². The number of hydrogen-bond acceptors (Lipinski definition) is 1. The van der Waals surface area contributed by atoms with Crippen LogP contribution >= 0.6 is 0 Å². The van der Waals surface area contributed by atoms with E-state index in [2.05, 4.69) is 29.3 Å². The number of ketones is 1. The number of hydrogen-bond donors (Lipinski definition) is 0. The number of fused-ring (bicyclic) bond motifs is 1. The van der Waals surface area contributed by atoms with Crippen LogP contribution in [0.25, 0.3) is 10.9 Å². The Morgan fingerprint density at radius 3 is 2.88 bits per heavy atom. The summed E-state index contributed by atoms with van der Waals surface area (Å²) in [7, 11) is 0. The van der Waals surface area contributed by atoms with Gasteiger partial charge in [-0.3, -0.25) is 4.79 Å². The fourth-order valence-corrected chi connectivity index (χ4v) is 1.98. The second-order valence-electron chi connectivity index (χ2n) is 4.06. The maximum atomic E-state index is 11.5. The number of Topliss-reactive ketones (excluding diaryl/α,β-unsaturated/α-hetero) is 1. The zero-order valence-corrected chi connectivity index (χ0v) is 9.66. The minimum Gasteiger partial charge on any atom is -0.343 e. The van der Waals surface area contributed by atoms with E-state index >= 15 is 0 Å². The summed E-state index contributed by atoms with van der Waals surface area (Å²) < 4.78 is 2.05. The molecule has 16 heavy (non-hydrogen) atoms. The van der Waals surface area contributed by atoms with Crippen LogP contribution in [0.3, 0.4) is 0 Å². The molecule has 0 aliphatic heterocycles. The van der Waals surface area contributed by atoms with Gasteiger partial charge in [-0.15, -0.1) is 6.58 Å². The molecule has 1 aromatic carbocycles. The molecule has 0 spiro atoms. The van der Waals surface area contributed by atoms with Crippen molar-refractivity contribution in [3.05, 3.63) is 48.2 Å². The lowest BCUT2D eigenvalue weighted by atomic mass is 10.1. The van der Waals surface area contributed by atoms with E-state index in [0.29, 0.717) is 0 Å². The van der Waals surface area contributed by atoms with Gasteiger partial charge in [0.15, 0.2) is 5.78 Å². The first kappa shape index (κ1) is 10.7. The summed E-state index contributed by atoms with van der Waals surface area (Å²) >= 11 is 0. The monoisotopic (exact) mass is 213 g/mol. The molecule has 1 aromatic heterocycles. The third kappa shape index (κ3) is 1.67. The van der Waals surface area contributed by atoms with Gasteiger partial charge in [0, 0.05) is 29.2 Å². The highest BCUT2D eigenvalue weighted by molar-refractivity contribution is 6.07. The van der Waals surface area contributed by atoms with Crippen LogP contribution in [-0.2, 0) is 6.54 Å². The number of benzene rings is 1. The number of nitrogens with zero attached hydrogens (tertiary/aromatic N) is 1. The van der Waals surface area contributed by atoms with Gasteiger partial charge < -0.3 is 4.57 Å². The van der Waals surface area contributed by atoms with Crippen molar-refractivity contribution < 1.29 is 4.79 Å². The zero-order chi connectivity index (χ0) is 11.7. The molecule has 0 saturated carbocycles. The van der Waals surface area contributed by atoms with Gasteiger partial charge in [-0.25, -0.2) is 0 Å². The first-order chi connectivity index (χ1) is 7.63. The molecule has 0 fully saturated rings. The molecule has 82 valence electrons. The summed E-state index contributed by atoms with van der Waals surface area (Å²) in [5, 5.41) is 1.04. The molecule has 2 heteroatoms. The first-order valence-corrected chi connectivity index (χ1v) is 5.35. The van der Waals surface area contributed by atoms with E-state index in [-0.39, 0.29) is 5.78 Å². The smallest absolute Gasteiger partial charge is 0.161 e. The van der Waals surface area contributed by atoms with Gasteiger partial charge in [-0.1, -0.05) is 17.7 Å². The summed E-state index contributed by atoms with van der Waals surface area (Å²) in [6.07, 6.45) is 3.75. The van der Waals surface area contributed by atoms with Crippen LogP contribution in [0.5, 0.6) is 0 Å². The Labute approximate surface area is 95.2 Å². The van der Waals surface area contributed by atoms with Gasteiger partial charge in [-0.2, -0.15) is 0 Å². The average Bonchev–Trinajstić information content (AvgIpc) is 2.57. The third-order valence-electron chi connectivity index (χ3n) is 2.74. The van der Waals surface area contributed by atoms with Crippen LogP contribution in [0.15, 0.2) is 37.1 Å². The van der Waals surface area contributed by atoms with Crippen molar-refractivity contribution in [2.45, 2.75) is 20.4 Å². The predicted molar refractivity (Wildman–Crippen MR) is 66.9 cm³/mol. The third-order valence-corrected chi connectivity index (χ3v) is 2.74. The van der Waals surface area contributed by atoms with Crippen LogP contribution in [0.1, 0.15) is 22.8 Å². The standard InChI is InChI=1S/C14H15NO/c1-4-7-15-9-13(11(3)16)12-8-10(2)5-6-14(12)15/h4-6,8-9H,1,7H2,2-3H3. The van der Waals surface area contributed by atoms with Gasteiger partial charge in [-0.05, 0) is 26.0 Å². The van der Waals surface area contributed by atoms with E-state index < -0.39 is 0 Å². The van der Waals surface area contributed by atoms with E-state index in [0.717, 1.165) is 23.0 Å². The minimum absolute atomic E-state index is 0.110. The summed E-state index contributed by atoms with van der Waals surface area (Å²) in [5.41, 5.74) is 3.06. The van der Waals surface area contributed by atoms with Crippen molar-refractivity contribution in [1.29, 1.82) is 0 Å². The summed E-state index contributed by atoms with van der Waals surface area (Å²) in [5.74, 6) is 0.110. The number of carbonyl (C=O) groups excluding carboxylic acids is 1. The lowest BCUT2D eigenvalue weighted by molar-refractivity contribution is 0.101. The highest BCUT2D eigenvalue weighted by Gasteiger charge is 2.10. The zero-order valence-electron chi connectivity index (χ0n) is 9.66. The molecule has 0 aliphatic carbocycles. The van der Waals surface area contributed by atoms with Gasteiger partial charge >= 0.3 is 0 Å². The number of aromatic nitrogens is 1. The molecule has 0 saturated heterocycles. The van der Waals surface area contributed by atoms with Crippen molar-refractivity contribution in [2.75, 3.05) is 0 Å². The van der Waals surface area contributed by atoms with Crippen molar-refractivity contribution in [1.82, 2.24) is 4.57 Å². The molecule has 1 heterocycles. The van der Waals surface area contributed by atoms with E-state index in [1.807, 2.05) is 19.2 Å². The Morgan fingerprint density at radius 1 is 1.50 bits per heavy atom. The molecular formula is C14H15NO. The maximum Gasteiger partial charge on any atom is 0.161 e. The molecule has 0 unspecified atom stereocenters. The normalized spacial score (nSPS) is 10.6. The minimum atomic E-state index is 0.110. The fourth-order valence-electron chi connectivity index (χ4n) is 1.98. The second kappa shape index (κ2) is 3.97. The number of aryl methyl sites for hydroxylation is 1. The molecule has 2 nitrogen and oxygen atoms in total. The molecule has 2 aromatic rings. The molecule has 0 bridgehead atoms. The Hall–Kier alpha value is -1.83. The molecule has 0 radical (unpaired) electrons. The Balaban J connectivity index is 2.75. The highest BCUT2D eigenvalue weighted by atomic mass is 16.1. The lowest BCUT2D eigenvalue weighted by Gasteiger charge is -2.00. The average molecular weight is 213 g/mol. The van der Waals surface area contributed by atoms with Crippen molar-refractivity contribution in [3.8, 4) is 0 Å². The van der Waals surface area contributed by atoms with Crippen molar-refractivity contribution in [3.63, 3.8) is 0 Å². The maximum absolute atomic E-state index is 11.5. The molecule has 0 aliphatic rings. The molecule has 0 N–H and O–H groups in total. The highest BCUT2D eigenvalue weighted by Crippen LogP contribution is 2.23. The Morgan fingerprint density at radius 2 is 2.25 bits per heavy atom. The first-order valence-electron chi connectivity index (χ1n) is 5.35. The molecule has 0 atom stereocenters. The van der Waals surface area contributed by atoms with E-state index in [4.69, 9.17) is 0 Å². The van der Waals surface area contributed by atoms with Crippen LogP contribution in [0.2, 0.25) is 0 Å². The topological polar surface area (TPSA) is 22.0 Å². The van der Waals surface area contributed by atoms with E-state index in [9.17, 15) is 4.79 Å². The van der Waals surface area contributed by atoms with Gasteiger partial charge in [0.05, 0.1) is 0 Å². The van der Waals surface area contributed by atoms with Gasteiger partial charge in [0.25, 0.3) is 0 Å². The van der Waals surface area contributed by atoms with E-state index in [1.54, 1.807) is 6.92 Å². The summed E-state index contributed by atoms with van der Waals surface area (Å²) in [4.78, 5) is 11.5. The lowest BCUT2D eigenvalue weighted by Crippen LogP contribution is -1.92. The fraction of sp³-hybridized carbons (Fsp3) is 0.214. The molecule has 2 rings (SSSR count).